The van der Waals surface area contributed by atoms with Crippen LogP contribution < -0.4 is 4.31 Å². The Kier molecular flexibility index (Phi) is 4.07. The molecule has 0 aliphatic carbocycles. The molecule has 0 saturated carbocycles. The van der Waals surface area contributed by atoms with Gasteiger partial charge in [0.25, 0.3) is 10.0 Å². The van der Waals surface area contributed by atoms with E-state index in [0.717, 1.165) is 14.8 Å². The van der Waals surface area contributed by atoms with Gasteiger partial charge < -0.3 is 0 Å². The van der Waals surface area contributed by atoms with E-state index in [1.54, 1.807) is 12.1 Å². The zero-order valence-electron chi connectivity index (χ0n) is 9.81. The second-order valence-corrected chi connectivity index (χ2v) is 8.52. The van der Waals surface area contributed by atoms with Crippen LogP contribution in [-0.4, -0.2) is 8.42 Å². The summed E-state index contributed by atoms with van der Waals surface area (Å²) in [5.41, 5.74) is 2.24. The summed E-state index contributed by atoms with van der Waals surface area (Å²) in [6.45, 7) is 3.67. The Morgan fingerprint density at radius 2 is 1.61 bits per heavy atom. The highest BCUT2D eigenvalue weighted by Crippen LogP contribution is 2.41. The molecular weight excluding hydrogens is 476 g/mol. The van der Waals surface area contributed by atoms with Crippen molar-refractivity contribution in [3.63, 3.8) is 0 Å². The zero-order chi connectivity index (χ0) is 13.5. The van der Waals surface area contributed by atoms with E-state index in [4.69, 9.17) is 0 Å². The van der Waals surface area contributed by atoms with E-state index in [1.807, 2.05) is 54.6 Å². The molecule has 0 amide bonds. The topological polar surface area (TPSA) is 37.4 Å². The molecule has 1 heterocycles. The van der Waals surface area contributed by atoms with Crippen LogP contribution in [0.25, 0.3) is 0 Å². The molecule has 1 aromatic rings. The maximum Gasteiger partial charge on any atom is 0.274 e. The highest BCUT2D eigenvalue weighted by atomic mass is 127. The number of rotatable bonds is 1. The standard InChI is InChI=1S/C12H11I2NO2S/c1-8-11(13)9(2)15(18(16,17)12(8)14)10-6-4-3-5-7-10/h3-7H,1-2H3. The summed E-state index contributed by atoms with van der Waals surface area (Å²) in [5, 5.41) is 0. The first-order chi connectivity index (χ1) is 8.37. The lowest BCUT2D eigenvalue weighted by atomic mass is 10.2. The molecule has 0 unspecified atom stereocenters. The predicted molar refractivity (Wildman–Crippen MR) is 91.3 cm³/mol. The molecule has 0 atom stereocenters. The van der Waals surface area contributed by atoms with Gasteiger partial charge in [-0.15, -0.1) is 0 Å². The molecule has 1 aromatic carbocycles. The van der Waals surface area contributed by atoms with Crippen LogP contribution in [0.5, 0.6) is 0 Å². The van der Waals surface area contributed by atoms with Gasteiger partial charge >= 0.3 is 0 Å². The Morgan fingerprint density at radius 1 is 1.06 bits per heavy atom. The number of para-hydroxylation sites is 1. The van der Waals surface area contributed by atoms with Crippen LogP contribution in [0.2, 0.25) is 0 Å². The number of allylic oxidation sites excluding steroid dienone is 3. The molecule has 0 N–H and O–H groups in total. The van der Waals surface area contributed by atoms with E-state index in [1.165, 1.54) is 4.31 Å². The fraction of sp³-hybridized carbons (Fsp3) is 0.167. The van der Waals surface area contributed by atoms with Crippen LogP contribution in [0.4, 0.5) is 5.69 Å². The van der Waals surface area contributed by atoms with Crippen molar-refractivity contribution in [2.45, 2.75) is 13.8 Å². The number of hydrogen-bond acceptors (Lipinski definition) is 2. The van der Waals surface area contributed by atoms with Crippen LogP contribution in [0.15, 0.2) is 48.1 Å². The Balaban J connectivity index is 2.70. The highest BCUT2D eigenvalue weighted by molar-refractivity contribution is 14.1. The van der Waals surface area contributed by atoms with Crippen molar-refractivity contribution < 1.29 is 8.42 Å². The largest absolute Gasteiger partial charge is 0.274 e. The Hall–Kier alpha value is -0.0900. The summed E-state index contributed by atoms with van der Waals surface area (Å²) >= 11 is 4.10. The van der Waals surface area contributed by atoms with Crippen LogP contribution in [0.1, 0.15) is 13.8 Å². The van der Waals surface area contributed by atoms with Crippen molar-refractivity contribution in [2.24, 2.45) is 0 Å². The number of sulfonamides is 1. The van der Waals surface area contributed by atoms with E-state index in [9.17, 15) is 8.42 Å². The molecule has 0 radical (unpaired) electrons. The van der Waals surface area contributed by atoms with Gasteiger partial charge in [-0.1, -0.05) is 18.2 Å². The van der Waals surface area contributed by atoms with Crippen molar-refractivity contribution in [2.75, 3.05) is 4.31 Å². The number of benzene rings is 1. The molecule has 0 fully saturated rings. The summed E-state index contributed by atoms with van der Waals surface area (Å²) < 4.78 is 27.8. The van der Waals surface area contributed by atoms with E-state index in [2.05, 4.69) is 22.6 Å². The lowest BCUT2D eigenvalue weighted by molar-refractivity contribution is 0.602. The molecule has 1 aliphatic heterocycles. The number of nitrogens with zero attached hydrogens (tertiary/aromatic N) is 1. The number of anilines is 1. The fourth-order valence-electron chi connectivity index (χ4n) is 1.80. The van der Waals surface area contributed by atoms with Crippen molar-refractivity contribution in [3.8, 4) is 0 Å². The summed E-state index contributed by atoms with van der Waals surface area (Å²) in [4.78, 5) is 0. The SMILES string of the molecule is CC1=C(I)S(=O)(=O)N(c2ccccc2)C(C)=C1I. The van der Waals surface area contributed by atoms with E-state index in [-0.39, 0.29) is 0 Å². The molecule has 0 aromatic heterocycles. The van der Waals surface area contributed by atoms with Gasteiger partial charge in [-0.25, -0.2) is 12.7 Å². The predicted octanol–water partition coefficient (Wildman–Crippen LogP) is 4.17. The molecular formula is C12H11I2NO2S. The Morgan fingerprint density at radius 3 is 2.17 bits per heavy atom. The lowest BCUT2D eigenvalue weighted by Crippen LogP contribution is -2.32. The van der Waals surface area contributed by atoms with Gasteiger partial charge in [0.15, 0.2) is 0 Å². The van der Waals surface area contributed by atoms with Crippen molar-refractivity contribution in [1.29, 1.82) is 0 Å². The highest BCUT2D eigenvalue weighted by Gasteiger charge is 2.34. The third-order valence-corrected chi connectivity index (χ3v) is 8.50. The molecule has 1 aliphatic rings. The van der Waals surface area contributed by atoms with Crippen LogP contribution in [0.3, 0.4) is 0 Å². The minimum Gasteiger partial charge on any atom is -0.237 e. The molecule has 6 heteroatoms. The third-order valence-electron chi connectivity index (χ3n) is 2.70. The van der Waals surface area contributed by atoms with Crippen LogP contribution in [-0.2, 0) is 10.0 Å². The summed E-state index contributed by atoms with van der Waals surface area (Å²) in [6, 6.07) is 9.15. The average molecular weight is 487 g/mol. The monoisotopic (exact) mass is 487 g/mol. The van der Waals surface area contributed by atoms with E-state index >= 15 is 0 Å². The second-order valence-electron chi connectivity index (χ2n) is 3.90. The van der Waals surface area contributed by atoms with E-state index in [0.29, 0.717) is 8.60 Å². The van der Waals surface area contributed by atoms with Gasteiger partial charge in [-0.05, 0) is 76.7 Å². The van der Waals surface area contributed by atoms with E-state index < -0.39 is 10.0 Å². The normalized spacial score (nSPS) is 19.4. The van der Waals surface area contributed by atoms with Crippen molar-refractivity contribution in [1.82, 2.24) is 0 Å². The smallest absolute Gasteiger partial charge is 0.237 e. The van der Waals surface area contributed by atoms with Crippen molar-refractivity contribution >= 4 is 60.9 Å². The van der Waals surface area contributed by atoms with Crippen LogP contribution in [0, 0.1) is 0 Å². The van der Waals surface area contributed by atoms with Gasteiger partial charge in [0.1, 0.15) is 2.91 Å². The van der Waals surface area contributed by atoms with Gasteiger partial charge in [0.2, 0.25) is 0 Å². The number of hydrogen-bond donors (Lipinski definition) is 0. The number of halogens is 2. The Labute approximate surface area is 134 Å². The molecule has 3 nitrogen and oxygen atoms in total. The molecule has 96 valence electrons. The van der Waals surface area contributed by atoms with Gasteiger partial charge in [0.05, 0.1) is 5.69 Å². The summed E-state index contributed by atoms with van der Waals surface area (Å²) in [7, 11) is -3.45. The lowest BCUT2D eigenvalue weighted by Gasteiger charge is -2.30. The minimum absolute atomic E-state index is 0.388. The van der Waals surface area contributed by atoms with Crippen LogP contribution >= 0.6 is 45.2 Å². The minimum atomic E-state index is -3.45. The second kappa shape index (κ2) is 5.12. The van der Waals surface area contributed by atoms with Gasteiger partial charge in [-0.3, -0.25) is 0 Å². The Bertz CT molecular complexity index is 648. The maximum absolute atomic E-state index is 12.5. The molecule has 0 spiro atoms. The average Bonchev–Trinajstić information content (AvgIpc) is 2.35. The van der Waals surface area contributed by atoms with Gasteiger partial charge in [-0.2, -0.15) is 0 Å². The first-order valence-corrected chi connectivity index (χ1v) is 8.80. The summed E-state index contributed by atoms with van der Waals surface area (Å²) in [6.07, 6.45) is 0. The molecule has 0 bridgehead atoms. The molecule has 0 saturated heterocycles. The quantitative estimate of drug-likeness (QED) is 0.559. The van der Waals surface area contributed by atoms with Gasteiger partial charge in [0, 0.05) is 9.28 Å². The fourth-order valence-corrected chi connectivity index (χ4v) is 5.53. The first kappa shape index (κ1) is 14.3. The maximum atomic E-state index is 12.5. The zero-order valence-corrected chi connectivity index (χ0v) is 14.9. The molecule has 2 rings (SSSR count). The van der Waals surface area contributed by atoms with Crippen molar-refractivity contribution in [3.05, 3.63) is 48.1 Å². The third kappa shape index (κ3) is 2.22. The summed E-state index contributed by atoms with van der Waals surface area (Å²) in [5.74, 6) is 0. The first-order valence-electron chi connectivity index (χ1n) is 5.21. The molecule has 18 heavy (non-hydrogen) atoms.